The Hall–Kier alpha value is -1.10. The Morgan fingerprint density at radius 3 is 2.92 bits per heavy atom. The summed E-state index contributed by atoms with van der Waals surface area (Å²) < 4.78 is 4.62. The molecule has 0 aliphatic heterocycles. The van der Waals surface area contributed by atoms with Crippen molar-refractivity contribution in [1.29, 1.82) is 0 Å². The molecule has 0 amide bonds. The fourth-order valence-electron chi connectivity index (χ4n) is 0.696. The van der Waals surface area contributed by atoms with E-state index in [1.165, 1.54) is 6.26 Å². The highest BCUT2D eigenvalue weighted by atomic mass is 32.1. The zero-order chi connectivity index (χ0) is 8.97. The predicted octanol–water partition coefficient (Wildman–Crippen LogP) is 1.37. The molecule has 1 aromatic heterocycles. The van der Waals surface area contributed by atoms with Gasteiger partial charge in [0.05, 0.1) is 6.20 Å². The Labute approximate surface area is 76.3 Å². The van der Waals surface area contributed by atoms with Crippen LogP contribution in [0, 0.1) is 0 Å². The number of hydrogen-bond donors (Lipinski definition) is 2. The van der Waals surface area contributed by atoms with Crippen LogP contribution in [0.5, 0.6) is 0 Å². The maximum atomic E-state index is 4.99. The molecule has 0 bridgehead atoms. The second-order valence-electron chi connectivity index (χ2n) is 2.67. The number of rotatable bonds is 2. The van der Waals surface area contributed by atoms with Crippen molar-refractivity contribution in [2.75, 3.05) is 5.32 Å². The summed E-state index contributed by atoms with van der Waals surface area (Å²) >= 11 is 4.99. The summed E-state index contributed by atoms with van der Waals surface area (Å²) in [6.07, 6.45) is 3.06. The van der Waals surface area contributed by atoms with Crippen molar-refractivity contribution in [3.05, 3.63) is 12.5 Å². The van der Waals surface area contributed by atoms with Crippen molar-refractivity contribution < 1.29 is 4.52 Å². The van der Waals surface area contributed by atoms with E-state index in [1.807, 2.05) is 13.8 Å². The summed E-state index contributed by atoms with van der Waals surface area (Å²) in [6.45, 7) is 4.03. The largest absolute Gasteiger partial charge is 0.363 e. The Kier molecular flexibility index (Phi) is 3.04. The van der Waals surface area contributed by atoms with Crippen molar-refractivity contribution in [2.24, 2.45) is 0 Å². The number of nitrogens with one attached hydrogen (secondary N) is 2. The van der Waals surface area contributed by atoms with Crippen LogP contribution < -0.4 is 10.6 Å². The number of aromatic nitrogens is 1. The van der Waals surface area contributed by atoms with Gasteiger partial charge in [0.25, 0.3) is 0 Å². The van der Waals surface area contributed by atoms with Crippen LogP contribution in [0.2, 0.25) is 0 Å². The third-order valence-corrected chi connectivity index (χ3v) is 1.33. The maximum absolute atomic E-state index is 4.99. The average Bonchev–Trinajstić information content (AvgIpc) is 2.37. The van der Waals surface area contributed by atoms with E-state index < -0.39 is 0 Å². The summed E-state index contributed by atoms with van der Waals surface area (Å²) in [7, 11) is 0. The molecule has 5 heteroatoms. The van der Waals surface area contributed by atoms with Gasteiger partial charge in [0.1, 0.15) is 12.0 Å². The lowest BCUT2D eigenvalue weighted by molar-refractivity contribution is 0.420. The predicted molar refractivity (Wildman–Crippen MR) is 51.0 cm³/mol. The number of thiocarbonyl (C=S) groups is 1. The first kappa shape index (κ1) is 8.99. The molecule has 66 valence electrons. The van der Waals surface area contributed by atoms with Gasteiger partial charge in [-0.3, -0.25) is 0 Å². The molecule has 4 nitrogen and oxygen atoms in total. The Morgan fingerprint density at radius 2 is 2.42 bits per heavy atom. The monoisotopic (exact) mass is 185 g/mol. The van der Waals surface area contributed by atoms with Gasteiger partial charge in [0.15, 0.2) is 5.11 Å². The van der Waals surface area contributed by atoms with Crippen molar-refractivity contribution in [3.8, 4) is 0 Å². The molecule has 0 fully saturated rings. The highest BCUT2D eigenvalue weighted by molar-refractivity contribution is 7.80. The van der Waals surface area contributed by atoms with Crippen LogP contribution in [-0.2, 0) is 0 Å². The molecule has 1 rings (SSSR count). The van der Waals surface area contributed by atoms with E-state index in [9.17, 15) is 0 Å². The van der Waals surface area contributed by atoms with Crippen LogP contribution >= 0.6 is 12.2 Å². The lowest BCUT2D eigenvalue weighted by Gasteiger charge is -2.10. The zero-order valence-corrected chi connectivity index (χ0v) is 7.81. The Bertz CT molecular complexity index is 245. The normalized spacial score (nSPS) is 9.92. The van der Waals surface area contributed by atoms with Gasteiger partial charge >= 0.3 is 0 Å². The molecule has 2 N–H and O–H groups in total. The minimum Gasteiger partial charge on any atom is -0.363 e. The molecule has 0 aromatic carbocycles. The van der Waals surface area contributed by atoms with Crippen molar-refractivity contribution in [2.45, 2.75) is 19.9 Å². The second-order valence-corrected chi connectivity index (χ2v) is 3.07. The Balaban J connectivity index is 2.37. The van der Waals surface area contributed by atoms with Gasteiger partial charge in [-0.25, -0.2) is 0 Å². The fourth-order valence-corrected chi connectivity index (χ4v) is 1.05. The van der Waals surface area contributed by atoms with Crippen LogP contribution in [0.15, 0.2) is 17.0 Å². The molecule has 0 spiro atoms. The first-order valence-electron chi connectivity index (χ1n) is 3.65. The van der Waals surface area contributed by atoms with Crippen LogP contribution in [-0.4, -0.2) is 16.3 Å². The van der Waals surface area contributed by atoms with E-state index in [-0.39, 0.29) is 0 Å². The van der Waals surface area contributed by atoms with Gasteiger partial charge < -0.3 is 15.2 Å². The zero-order valence-electron chi connectivity index (χ0n) is 7.00. The highest BCUT2D eigenvalue weighted by Crippen LogP contribution is 2.02. The first-order chi connectivity index (χ1) is 5.68. The first-order valence-corrected chi connectivity index (χ1v) is 4.06. The van der Waals surface area contributed by atoms with E-state index in [2.05, 4.69) is 20.3 Å². The van der Waals surface area contributed by atoms with Gasteiger partial charge in [-0.1, -0.05) is 5.16 Å². The quantitative estimate of drug-likeness (QED) is 0.681. The molecular weight excluding hydrogens is 174 g/mol. The standard InChI is InChI=1S/C7H11N3OS/c1-5(2)9-7(12)10-6-3-8-11-4-6/h3-5H,1-2H3,(H2,9,10,12). The van der Waals surface area contributed by atoms with Crippen molar-refractivity contribution >= 4 is 23.0 Å². The smallest absolute Gasteiger partial charge is 0.171 e. The van der Waals surface area contributed by atoms with Crippen LogP contribution in [0.3, 0.4) is 0 Å². The molecule has 0 atom stereocenters. The van der Waals surface area contributed by atoms with Gasteiger partial charge in [0, 0.05) is 6.04 Å². The minimum atomic E-state index is 0.324. The molecule has 0 unspecified atom stereocenters. The van der Waals surface area contributed by atoms with E-state index in [1.54, 1.807) is 6.20 Å². The molecule has 0 aliphatic rings. The summed E-state index contributed by atoms with van der Waals surface area (Å²) in [4.78, 5) is 0. The van der Waals surface area contributed by atoms with E-state index in [4.69, 9.17) is 12.2 Å². The van der Waals surface area contributed by atoms with Gasteiger partial charge in [-0.15, -0.1) is 0 Å². The van der Waals surface area contributed by atoms with Crippen LogP contribution in [0.25, 0.3) is 0 Å². The molecule has 0 radical (unpaired) electrons. The summed E-state index contributed by atoms with van der Waals surface area (Å²) in [5, 5.41) is 10.1. The third kappa shape index (κ3) is 2.87. The summed E-state index contributed by atoms with van der Waals surface area (Å²) in [6, 6.07) is 0.324. The van der Waals surface area contributed by atoms with Crippen molar-refractivity contribution in [3.63, 3.8) is 0 Å². The van der Waals surface area contributed by atoms with Crippen molar-refractivity contribution in [1.82, 2.24) is 10.5 Å². The molecule has 0 aliphatic carbocycles. The van der Waals surface area contributed by atoms with E-state index >= 15 is 0 Å². The summed E-state index contributed by atoms with van der Waals surface area (Å²) in [5.74, 6) is 0. The number of hydrogen-bond acceptors (Lipinski definition) is 3. The average molecular weight is 185 g/mol. The minimum absolute atomic E-state index is 0.324. The number of nitrogens with zero attached hydrogens (tertiary/aromatic N) is 1. The molecule has 0 saturated carbocycles. The fraction of sp³-hybridized carbons (Fsp3) is 0.429. The Morgan fingerprint density at radius 1 is 1.67 bits per heavy atom. The lowest BCUT2D eigenvalue weighted by Crippen LogP contribution is -2.33. The second kappa shape index (κ2) is 4.06. The summed E-state index contributed by atoms with van der Waals surface area (Å²) in [5.41, 5.74) is 0.758. The van der Waals surface area contributed by atoms with Gasteiger partial charge in [0.2, 0.25) is 0 Å². The van der Waals surface area contributed by atoms with E-state index in [0.29, 0.717) is 11.2 Å². The number of anilines is 1. The maximum Gasteiger partial charge on any atom is 0.171 e. The molecule has 1 heterocycles. The van der Waals surface area contributed by atoms with Gasteiger partial charge in [-0.2, -0.15) is 0 Å². The van der Waals surface area contributed by atoms with E-state index in [0.717, 1.165) is 5.69 Å². The topological polar surface area (TPSA) is 50.1 Å². The molecular formula is C7H11N3OS. The lowest BCUT2D eigenvalue weighted by atomic mass is 10.4. The van der Waals surface area contributed by atoms with Crippen LogP contribution in [0.4, 0.5) is 5.69 Å². The highest BCUT2D eigenvalue weighted by Gasteiger charge is 1.99. The van der Waals surface area contributed by atoms with Crippen LogP contribution in [0.1, 0.15) is 13.8 Å². The third-order valence-electron chi connectivity index (χ3n) is 1.11. The molecule has 12 heavy (non-hydrogen) atoms. The SMILES string of the molecule is CC(C)NC(=S)Nc1cnoc1. The molecule has 1 aromatic rings. The molecule has 0 saturated heterocycles. The van der Waals surface area contributed by atoms with Gasteiger partial charge in [-0.05, 0) is 26.1 Å².